The number of hydrogen-bond acceptors (Lipinski definition) is 1. The maximum Gasteiger partial charge on any atom is 0.583 e. The highest BCUT2D eigenvalue weighted by Crippen LogP contribution is 2.07. The van der Waals surface area contributed by atoms with Crippen molar-refractivity contribution in [2.75, 3.05) is 13.1 Å². The quantitative estimate of drug-likeness (QED) is 0.284. The van der Waals surface area contributed by atoms with Crippen molar-refractivity contribution in [3.63, 3.8) is 0 Å². The van der Waals surface area contributed by atoms with Crippen LogP contribution in [-0.2, 0) is 4.79 Å². The molecule has 18 heavy (non-hydrogen) atoms. The summed E-state index contributed by atoms with van der Waals surface area (Å²) in [6, 6.07) is 9.77. The van der Waals surface area contributed by atoms with Crippen LogP contribution in [0.5, 0.6) is 0 Å². The van der Waals surface area contributed by atoms with Crippen LogP contribution >= 0.6 is 0 Å². The standard InChI is InChI=1S/C13H15IN3O/c15-16-12(14-11-7-3-1-4-8-11)13(18)17-9-5-2-6-10-17/h1,3-4,7-8H,2,5-6,9-10H2/q+1. The maximum atomic E-state index is 12.2. The number of benzene rings is 1. The van der Waals surface area contributed by atoms with Crippen molar-refractivity contribution >= 4 is 9.63 Å². The van der Waals surface area contributed by atoms with Gasteiger partial charge in [0.1, 0.15) is 0 Å². The highest BCUT2D eigenvalue weighted by Gasteiger charge is 2.41. The van der Waals surface area contributed by atoms with E-state index in [1.807, 2.05) is 30.3 Å². The molecule has 2 rings (SSSR count). The second-order valence-corrected chi connectivity index (χ2v) is 6.94. The molecular weight excluding hydrogens is 341 g/mol. The van der Waals surface area contributed by atoms with E-state index in [9.17, 15) is 4.79 Å². The van der Waals surface area contributed by atoms with E-state index in [-0.39, 0.29) is 5.91 Å². The van der Waals surface area contributed by atoms with Gasteiger partial charge < -0.3 is 10.4 Å². The van der Waals surface area contributed by atoms with Crippen molar-refractivity contribution in [2.24, 2.45) is 0 Å². The first-order valence-corrected chi connectivity index (χ1v) is 8.18. The molecule has 0 bridgehead atoms. The smallest absolute Gasteiger partial charge is 0.356 e. The fourth-order valence-electron chi connectivity index (χ4n) is 1.91. The molecule has 1 aromatic carbocycles. The number of nitrogens with zero attached hydrogens (tertiary/aromatic N) is 3. The zero-order valence-electron chi connectivity index (χ0n) is 10.1. The third-order valence-corrected chi connectivity index (χ3v) is 5.37. The zero-order chi connectivity index (χ0) is 12.8. The molecule has 0 aliphatic carbocycles. The molecule has 1 fully saturated rings. The minimum absolute atomic E-state index is 0.0890. The summed E-state index contributed by atoms with van der Waals surface area (Å²) in [4.78, 5) is 17.2. The Morgan fingerprint density at radius 2 is 1.83 bits per heavy atom. The highest BCUT2D eigenvalue weighted by atomic mass is 127. The van der Waals surface area contributed by atoms with Gasteiger partial charge in [-0.05, 0) is 31.4 Å². The number of amides is 1. The minimum atomic E-state index is -0.698. The molecule has 1 saturated heterocycles. The molecule has 1 aliphatic rings. The summed E-state index contributed by atoms with van der Waals surface area (Å²) >= 11 is -0.698. The molecule has 1 amide bonds. The second kappa shape index (κ2) is 6.66. The summed E-state index contributed by atoms with van der Waals surface area (Å²) in [6.45, 7) is 1.58. The lowest BCUT2D eigenvalue weighted by Gasteiger charge is -2.23. The van der Waals surface area contributed by atoms with Gasteiger partial charge in [-0.1, -0.05) is 18.2 Å². The lowest BCUT2D eigenvalue weighted by Crippen LogP contribution is -3.65. The van der Waals surface area contributed by atoms with Crippen LogP contribution < -0.4 is 21.2 Å². The van der Waals surface area contributed by atoms with Crippen molar-refractivity contribution in [3.05, 3.63) is 39.4 Å². The second-order valence-electron chi connectivity index (χ2n) is 4.13. The summed E-state index contributed by atoms with van der Waals surface area (Å²) in [5, 5.41) is 0. The van der Waals surface area contributed by atoms with Crippen LogP contribution in [0.15, 0.2) is 30.3 Å². The Labute approximate surface area is 117 Å². The van der Waals surface area contributed by atoms with E-state index in [4.69, 9.17) is 5.53 Å². The molecule has 0 aromatic heterocycles. The van der Waals surface area contributed by atoms with Gasteiger partial charge >= 0.3 is 30.8 Å². The van der Waals surface area contributed by atoms with E-state index in [2.05, 4.69) is 4.79 Å². The van der Waals surface area contributed by atoms with Gasteiger partial charge in [0.2, 0.25) is 3.57 Å². The van der Waals surface area contributed by atoms with Crippen molar-refractivity contribution in [1.29, 1.82) is 0 Å². The first-order valence-electron chi connectivity index (χ1n) is 6.02. The predicted molar refractivity (Wildman–Crippen MR) is 64.2 cm³/mol. The van der Waals surface area contributed by atoms with Crippen molar-refractivity contribution in [3.8, 4) is 0 Å². The molecule has 5 heteroatoms. The van der Waals surface area contributed by atoms with Crippen molar-refractivity contribution < 1.29 is 30.8 Å². The molecule has 0 saturated carbocycles. The Bertz CT molecular complexity index is 462. The Kier molecular flexibility index (Phi) is 4.90. The minimum Gasteiger partial charge on any atom is -0.356 e. The van der Waals surface area contributed by atoms with E-state index in [0.717, 1.165) is 29.5 Å². The summed E-state index contributed by atoms with van der Waals surface area (Å²) in [5.74, 6) is -0.0890. The molecule has 4 nitrogen and oxygen atoms in total. The first-order chi connectivity index (χ1) is 8.81. The van der Waals surface area contributed by atoms with Crippen LogP contribution in [0.4, 0.5) is 0 Å². The predicted octanol–water partition coefficient (Wildman–Crippen LogP) is -1.41. The summed E-state index contributed by atoms with van der Waals surface area (Å²) < 4.78 is 1.43. The topological polar surface area (TPSA) is 56.7 Å². The maximum absolute atomic E-state index is 12.2. The van der Waals surface area contributed by atoms with E-state index >= 15 is 0 Å². The summed E-state index contributed by atoms with van der Waals surface area (Å²) in [6.07, 6.45) is 3.28. The Balaban J connectivity index is 2.05. The monoisotopic (exact) mass is 356 g/mol. The highest BCUT2D eigenvalue weighted by molar-refractivity contribution is 6.31. The van der Waals surface area contributed by atoms with Gasteiger partial charge in [-0.3, -0.25) is 4.79 Å². The molecule has 0 unspecified atom stereocenters. The number of likely N-dealkylation sites (tertiary alicyclic amines) is 1. The van der Waals surface area contributed by atoms with Gasteiger partial charge in [-0.25, -0.2) is 0 Å². The van der Waals surface area contributed by atoms with Gasteiger partial charge in [0.15, 0.2) is 0 Å². The molecule has 1 heterocycles. The Hall–Kier alpha value is -1.20. The normalized spacial score (nSPS) is 15.0. The van der Waals surface area contributed by atoms with E-state index in [1.54, 1.807) is 4.90 Å². The largest absolute Gasteiger partial charge is 0.583 e. The number of carbonyl (C=O) groups excluding carboxylic acids is 1. The van der Waals surface area contributed by atoms with E-state index in [1.165, 1.54) is 6.42 Å². The first kappa shape index (κ1) is 13.2. The van der Waals surface area contributed by atoms with Crippen LogP contribution in [0.2, 0.25) is 0 Å². The van der Waals surface area contributed by atoms with Crippen LogP contribution in [0.1, 0.15) is 19.3 Å². The number of carbonyl (C=O) groups is 1. The molecule has 0 N–H and O–H groups in total. The fourth-order valence-corrected chi connectivity index (χ4v) is 3.96. The van der Waals surface area contributed by atoms with Crippen molar-refractivity contribution in [2.45, 2.75) is 19.3 Å². The summed E-state index contributed by atoms with van der Waals surface area (Å²) in [5.41, 5.74) is 9.06. The lowest BCUT2D eigenvalue weighted by atomic mass is 10.1. The Morgan fingerprint density at radius 3 is 2.44 bits per heavy atom. The van der Waals surface area contributed by atoms with E-state index < -0.39 is 21.2 Å². The number of piperidine rings is 1. The number of hydrogen-bond donors (Lipinski definition) is 0. The molecule has 0 spiro atoms. The van der Waals surface area contributed by atoms with Crippen LogP contribution in [0, 0.1) is 3.57 Å². The number of rotatable bonds is 3. The van der Waals surface area contributed by atoms with Gasteiger partial charge in [-0.15, -0.1) is 4.79 Å². The molecule has 1 aromatic rings. The van der Waals surface area contributed by atoms with Crippen LogP contribution in [0.25, 0.3) is 5.53 Å². The molecular formula is C13H15IN3O+. The molecule has 0 atom stereocenters. The van der Waals surface area contributed by atoms with Crippen LogP contribution in [0.3, 0.4) is 0 Å². The fraction of sp³-hybridized carbons (Fsp3) is 0.385. The molecule has 0 radical (unpaired) electrons. The Morgan fingerprint density at radius 1 is 1.17 bits per heavy atom. The molecule has 94 valence electrons. The van der Waals surface area contributed by atoms with Gasteiger partial charge in [0, 0.05) is 13.1 Å². The molecule has 1 aliphatic heterocycles. The van der Waals surface area contributed by atoms with Gasteiger partial charge in [-0.2, -0.15) is 0 Å². The lowest BCUT2D eigenvalue weighted by molar-refractivity contribution is -0.526. The van der Waals surface area contributed by atoms with Gasteiger partial charge in [0.25, 0.3) is 0 Å². The van der Waals surface area contributed by atoms with Crippen LogP contribution in [-0.4, -0.2) is 32.4 Å². The summed E-state index contributed by atoms with van der Waals surface area (Å²) in [7, 11) is 0. The van der Waals surface area contributed by atoms with Gasteiger partial charge in [0.05, 0.1) is 0 Å². The zero-order valence-corrected chi connectivity index (χ0v) is 12.2. The van der Waals surface area contributed by atoms with Crippen molar-refractivity contribution in [1.82, 2.24) is 4.90 Å². The number of halogens is 1. The third kappa shape index (κ3) is 3.40. The van der Waals surface area contributed by atoms with E-state index in [0.29, 0.717) is 3.72 Å². The SMILES string of the molecule is [N-]=[N+]=C([I+]c1ccccc1)C(=O)N1CCCCC1. The average Bonchev–Trinajstić information content (AvgIpc) is 2.46. The average molecular weight is 356 g/mol. The third-order valence-electron chi connectivity index (χ3n) is 2.84.